The minimum Gasteiger partial charge on any atom is -0.462 e. The topological polar surface area (TPSA) is 78.9 Å². The maximum Gasteiger partial charge on any atom is 0.306 e. The summed E-state index contributed by atoms with van der Waals surface area (Å²) in [7, 11) is 0. The molecule has 378 valence electrons. The number of rotatable bonds is 51. The first-order valence-corrected chi connectivity index (χ1v) is 28.1. The van der Waals surface area contributed by atoms with Crippen molar-refractivity contribution in [3.63, 3.8) is 0 Å². The van der Waals surface area contributed by atoms with Crippen LogP contribution < -0.4 is 0 Å². The minimum absolute atomic E-state index is 0.0883. The van der Waals surface area contributed by atoms with Crippen LogP contribution in [0.25, 0.3) is 0 Å². The van der Waals surface area contributed by atoms with Crippen molar-refractivity contribution in [2.24, 2.45) is 0 Å². The van der Waals surface area contributed by atoms with E-state index in [2.05, 4.69) is 69.4 Å². The molecule has 0 heterocycles. The summed E-state index contributed by atoms with van der Waals surface area (Å²) in [5.74, 6) is -0.934. The van der Waals surface area contributed by atoms with Crippen molar-refractivity contribution in [1.29, 1.82) is 0 Å². The molecule has 0 radical (unpaired) electrons. The quantitative estimate of drug-likeness (QED) is 0.0262. The number of esters is 3. The molecule has 0 spiro atoms. The summed E-state index contributed by atoms with van der Waals surface area (Å²) < 4.78 is 16.8. The van der Waals surface area contributed by atoms with Gasteiger partial charge in [0.25, 0.3) is 0 Å². The Hall–Kier alpha value is -2.63. The Morgan fingerprint density at radius 1 is 0.308 bits per heavy atom. The summed E-state index contributed by atoms with van der Waals surface area (Å²) in [4.78, 5) is 38.1. The zero-order valence-electron chi connectivity index (χ0n) is 43.3. The average Bonchev–Trinajstić information content (AvgIpc) is 3.30. The number of carbonyl (C=O) groups excluding carboxylic acids is 3. The molecule has 0 aromatic carbocycles. The van der Waals surface area contributed by atoms with Crippen molar-refractivity contribution < 1.29 is 28.6 Å². The third kappa shape index (κ3) is 52.2. The molecule has 65 heavy (non-hydrogen) atoms. The molecule has 0 aromatic rings. The van der Waals surface area contributed by atoms with Gasteiger partial charge >= 0.3 is 17.9 Å². The SMILES string of the molecule is CCCCCCCC/C=C\C/C=C\C/C=C\CCCC(=O)OCC(COC(=O)CCCCCCCCC/C=C\CCCCCCCC)OC(=O)CCCCCCCCCCCCCCC. The second-order valence-corrected chi connectivity index (χ2v) is 18.8. The first-order valence-electron chi connectivity index (χ1n) is 28.1. The van der Waals surface area contributed by atoms with Gasteiger partial charge in [-0.15, -0.1) is 0 Å². The highest BCUT2D eigenvalue weighted by Crippen LogP contribution is 2.15. The van der Waals surface area contributed by atoms with Gasteiger partial charge in [-0.3, -0.25) is 14.4 Å². The summed E-state index contributed by atoms with van der Waals surface area (Å²) in [5, 5.41) is 0. The van der Waals surface area contributed by atoms with Crippen molar-refractivity contribution >= 4 is 17.9 Å². The van der Waals surface area contributed by atoms with E-state index in [0.717, 1.165) is 57.8 Å². The third-order valence-corrected chi connectivity index (χ3v) is 12.3. The van der Waals surface area contributed by atoms with Crippen molar-refractivity contribution in [3.8, 4) is 0 Å². The Kier molecular flexibility index (Phi) is 51.8. The first kappa shape index (κ1) is 62.4. The number of allylic oxidation sites excluding steroid dienone is 8. The van der Waals surface area contributed by atoms with Crippen molar-refractivity contribution in [2.45, 2.75) is 297 Å². The van der Waals surface area contributed by atoms with Gasteiger partial charge < -0.3 is 14.2 Å². The third-order valence-electron chi connectivity index (χ3n) is 12.3. The van der Waals surface area contributed by atoms with E-state index in [9.17, 15) is 14.4 Å². The summed E-state index contributed by atoms with van der Waals surface area (Å²) in [5.41, 5.74) is 0. The fraction of sp³-hybridized carbons (Fsp3) is 0.814. The Morgan fingerprint density at radius 3 is 0.938 bits per heavy atom. The smallest absolute Gasteiger partial charge is 0.306 e. The Balaban J connectivity index is 4.41. The molecule has 0 N–H and O–H groups in total. The van der Waals surface area contributed by atoms with Crippen LogP contribution in [-0.2, 0) is 28.6 Å². The van der Waals surface area contributed by atoms with E-state index in [1.165, 1.54) is 186 Å². The van der Waals surface area contributed by atoms with Crippen LogP contribution in [-0.4, -0.2) is 37.2 Å². The average molecular weight is 911 g/mol. The van der Waals surface area contributed by atoms with E-state index in [1.54, 1.807) is 0 Å². The van der Waals surface area contributed by atoms with E-state index in [1.807, 2.05) is 0 Å². The van der Waals surface area contributed by atoms with Crippen LogP contribution in [0.4, 0.5) is 0 Å². The lowest BCUT2D eigenvalue weighted by Gasteiger charge is -2.18. The van der Waals surface area contributed by atoms with Gasteiger partial charge in [-0.25, -0.2) is 0 Å². The van der Waals surface area contributed by atoms with Gasteiger partial charge in [0, 0.05) is 19.3 Å². The molecule has 0 rings (SSSR count). The summed E-state index contributed by atoms with van der Waals surface area (Å²) in [6.07, 6.45) is 65.3. The second-order valence-electron chi connectivity index (χ2n) is 18.8. The monoisotopic (exact) mass is 911 g/mol. The van der Waals surface area contributed by atoms with Gasteiger partial charge in [-0.2, -0.15) is 0 Å². The van der Waals surface area contributed by atoms with Gasteiger partial charge in [0.1, 0.15) is 13.2 Å². The first-order chi connectivity index (χ1) is 32.0. The van der Waals surface area contributed by atoms with E-state index in [-0.39, 0.29) is 31.1 Å². The van der Waals surface area contributed by atoms with Gasteiger partial charge in [0.2, 0.25) is 0 Å². The van der Waals surface area contributed by atoms with Gasteiger partial charge in [0.05, 0.1) is 0 Å². The molecule has 0 aliphatic carbocycles. The number of unbranched alkanes of at least 4 members (excludes halogenated alkanes) is 32. The van der Waals surface area contributed by atoms with Crippen LogP contribution in [0.3, 0.4) is 0 Å². The molecular weight excluding hydrogens is 805 g/mol. The predicted octanol–water partition coefficient (Wildman–Crippen LogP) is 18.7. The lowest BCUT2D eigenvalue weighted by Crippen LogP contribution is -2.30. The molecule has 0 aliphatic heterocycles. The molecule has 0 saturated carbocycles. The Bertz CT molecular complexity index is 1140. The molecule has 6 nitrogen and oxygen atoms in total. The van der Waals surface area contributed by atoms with Crippen molar-refractivity contribution in [3.05, 3.63) is 48.6 Å². The van der Waals surface area contributed by atoms with Gasteiger partial charge in [0.15, 0.2) is 6.10 Å². The lowest BCUT2D eigenvalue weighted by atomic mass is 10.0. The van der Waals surface area contributed by atoms with Crippen molar-refractivity contribution in [1.82, 2.24) is 0 Å². The fourth-order valence-corrected chi connectivity index (χ4v) is 8.04. The van der Waals surface area contributed by atoms with Crippen LogP contribution in [0.5, 0.6) is 0 Å². The van der Waals surface area contributed by atoms with Crippen LogP contribution in [0.1, 0.15) is 290 Å². The standard InChI is InChI=1S/C59H106O6/c1-4-7-10-13-16-19-22-25-27-29-31-34-36-39-42-45-48-51-57(60)63-54-56(65-59(62)53-50-47-44-41-38-33-24-21-18-15-12-9-6-3)55-64-58(61)52-49-46-43-40-37-35-32-30-28-26-23-20-17-14-11-8-5-2/h25-28,31,34,39,42,56H,4-24,29-30,32-33,35-38,40-41,43-55H2,1-3H3/b27-25-,28-26-,34-31-,42-39-. The normalized spacial score (nSPS) is 12.4. The molecule has 1 unspecified atom stereocenters. The number of hydrogen-bond acceptors (Lipinski definition) is 6. The van der Waals surface area contributed by atoms with E-state index < -0.39 is 6.10 Å². The van der Waals surface area contributed by atoms with Crippen molar-refractivity contribution in [2.75, 3.05) is 13.2 Å². The molecule has 0 amide bonds. The zero-order chi connectivity index (χ0) is 47.2. The number of hydrogen-bond donors (Lipinski definition) is 0. The summed E-state index contributed by atoms with van der Waals surface area (Å²) in [6.45, 7) is 6.61. The maximum absolute atomic E-state index is 12.8. The molecule has 0 bridgehead atoms. The van der Waals surface area contributed by atoms with E-state index in [0.29, 0.717) is 25.7 Å². The Morgan fingerprint density at radius 2 is 0.569 bits per heavy atom. The van der Waals surface area contributed by atoms with E-state index in [4.69, 9.17) is 14.2 Å². The molecule has 0 aromatic heterocycles. The highest BCUT2D eigenvalue weighted by molar-refractivity contribution is 5.71. The summed E-state index contributed by atoms with van der Waals surface area (Å²) in [6, 6.07) is 0. The maximum atomic E-state index is 12.8. The fourth-order valence-electron chi connectivity index (χ4n) is 8.04. The second kappa shape index (κ2) is 54.0. The largest absolute Gasteiger partial charge is 0.462 e. The molecule has 0 aliphatic rings. The Labute approximate surface area is 403 Å². The van der Waals surface area contributed by atoms with E-state index >= 15 is 0 Å². The number of carbonyl (C=O) groups is 3. The van der Waals surface area contributed by atoms with Gasteiger partial charge in [-0.05, 0) is 77.0 Å². The zero-order valence-corrected chi connectivity index (χ0v) is 43.3. The number of ether oxygens (including phenoxy) is 3. The molecule has 6 heteroatoms. The highest BCUT2D eigenvalue weighted by Gasteiger charge is 2.19. The lowest BCUT2D eigenvalue weighted by molar-refractivity contribution is -0.167. The molecule has 0 fully saturated rings. The minimum atomic E-state index is -0.792. The molecule has 1 atom stereocenters. The van der Waals surface area contributed by atoms with Crippen LogP contribution in [0, 0.1) is 0 Å². The predicted molar refractivity (Wildman–Crippen MR) is 279 cm³/mol. The van der Waals surface area contributed by atoms with Gasteiger partial charge in [-0.1, -0.05) is 243 Å². The highest BCUT2D eigenvalue weighted by atomic mass is 16.6. The summed E-state index contributed by atoms with van der Waals surface area (Å²) >= 11 is 0. The van der Waals surface area contributed by atoms with Crippen LogP contribution in [0.2, 0.25) is 0 Å². The van der Waals surface area contributed by atoms with Crippen LogP contribution >= 0.6 is 0 Å². The molecule has 0 saturated heterocycles. The van der Waals surface area contributed by atoms with Crippen LogP contribution in [0.15, 0.2) is 48.6 Å². The molecular formula is C59H106O6.